The minimum Gasteiger partial charge on any atom is -0.296 e. The predicted molar refractivity (Wildman–Crippen MR) is 75.3 cm³/mol. The highest BCUT2D eigenvalue weighted by Crippen LogP contribution is 2.29. The van der Waals surface area contributed by atoms with Crippen LogP contribution in [0.5, 0.6) is 0 Å². The molecule has 1 saturated carbocycles. The molecule has 1 unspecified atom stereocenters. The summed E-state index contributed by atoms with van der Waals surface area (Å²) in [5, 5.41) is 0.772. The molecule has 17 heavy (non-hydrogen) atoms. The molecule has 0 saturated heterocycles. The molecule has 0 radical (unpaired) electrons. The molecule has 1 fully saturated rings. The summed E-state index contributed by atoms with van der Waals surface area (Å²) in [5.41, 5.74) is 1.39. The Bertz CT molecular complexity index is 324. The van der Waals surface area contributed by atoms with Crippen LogP contribution in [0, 0.1) is 0 Å². The van der Waals surface area contributed by atoms with Crippen LogP contribution in [0.15, 0.2) is 24.5 Å². The number of aromatic nitrogens is 1. The molecule has 0 aliphatic heterocycles. The lowest BCUT2D eigenvalue weighted by atomic mass is 10.2. The summed E-state index contributed by atoms with van der Waals surface area (Å²) in [4.78, 5) is 6.72. The highest BCUT2D eigenvalue weighted by Gasteiger charge is 2.28. The van der Waals surface area contributed by atoms with E-state index in [1.807, 2.05) is 24.2 Å². The Hall–Kier alpha value is -0.540. The van der Waals surface area contributed by atoms with Crippen molar-refractivity contribution in [1.29, 1.82) is 0 Å². The van der Waals surface area contributed by atoms with Gasteiger partial charge in [-0.2, -0.15) is 11.8 Å². The lowest BCUT2D eigenvalue weighted by molar-refractivity contribution is 0.252. The van der Waals surface area contributed by atoms with Crippen molar-refractivity contribution in [2.24, 2.45) is 0 Å². The minimum absolute atomic E-state index is 0.772. The average molecular weight is 250 g/mol. The van der Waals surface area contributed by atoms with Gasteiger partial charge in [0.15, 0.2) is 0 Å². The predicted octanol–water partition coefficient (Wildman–Crippen LogP) is 3.19. The summed E-state index contributed by atoms with van der Waals surface area (Å²) in [6.45, 7) is 4.64. The van der Waals surface area contributed by atoms with Gasteiger partial charge in [0.1, 0.15) is 0 Å². The molecule has 1 aromatic heterocycles. The van der Waals surface area contributed by atoms with Crippen LogP contribution in [-0.2, 0) is 6.54 Å². The number of hydrogen-bond acceptors (Lipinski definition) is 3. The maximum absolute atomic E-state index is 4.08. The Kier molecular flexibility index (Phi) is 4.86. The smallest absolute Gasteiger partial charge is 0.0271 e. The van der Waals surface area contributed by atoms with E-state index in [1.165, 1.54) is 31.4 Å². The molecule has 2 nitrogen and oxygen atoms in total. The van der Waals surface area contributed by atoms with Crippen LogP contribution in [-0.4, -0.2) is 34.0 Å². The molecular formula is C14H22N2S. The van der Waals surface area contributed by atoms with Gasteiger partial charge in [0.2, 0.25) is 0 Å². The van der Waals surface area contributed by atoms with Crippen molar-refractivity contribution in [3.8, 4) is 0 Å². The van der Waals surface area contributed by atoms with E-state index in [2.05, 4.69) is 35.2 Å². The van der Waals surface area contributed by atoms with E-state index in [0.717, 1.165) is 17.8 Å². The van der Waals surface area contributed by atoms with Gasteiger partial charge in [-0.25, -0.2) is 0 Å². The Balaban J connectivity index is 1.85. The molecule has 1 aliphatic rings. The minimum atomic E-state index is 0.772. The van der Waals surface area contributed by atoms with Crippen LogP contribution < -0.4 is 0 Å². The zero-order chi connectivity index (χ0) is 12.1. The molecular weight excluding hydrogens is 228 g/mol. The van der Waals surface area contributed by atoms with Crippen LogP contribution in [0.4, 0.5) is 0 Å². The summed E-state index contributed by atoms with van der Waals surface area (Å²) in [6, 6.07) is 5.11. The third-order valence-electron chi connectivity index (χ3n) is 3.42. The second-order valence-electron chi connectivity index (χ2n) is 4.89. The maximum atomic E-state index is 4.08. The lowest BCUT2D eigenvalue weighted by Gasteiger charge is -2.23. The summed E-state index contributed by atoms with van der Waals surface area (Å²) < 4.78 is 0. The van der Waals surface area contributed by atoms with Crippen LogP contribution in [0.2, 0.25) is 0 Å². The number of pyridine rings is 1. The molecule has 0 aromatic carbocycles. The van der Waals surface area contributed by atoms with E-state index < -0.39 is 0 Å². The van der Waals surface area contributed by atoms with Gasteiger partial charge in [-0.15, -0.1) is 0 Å². The molecule has 94 valence electrons. The van der Waals surface area contributed by atoms with Crippen LogP contribution in [0.3, 0.4) is 0 Å². The van der Waals surface area contributed by atoms with E-state index in [-0.39, 0.29) is 0 Å². The van der Waals surface area contributed by atoms with Crippen molar-refractivity contribution >= 4 is 11.8 Å². The molecule has 3 heteroatoms. The third-order valence-corrected chi connectivity index (χ3v) is 4.46. The van der Waals surface area contributed by atoms with Crippen LogP contribution >= 0.6 is 11.8 Å². The largest absolute Gasteiger partial charge is 0.296 e. The van der Waals surface area contributed by atoms with Gasteiger partial charge in [0.25, 0.3) is 0 Å². The van der Waals surface area contributed by atoms with E-state index in [0.29, 0.717) is 0 Å². The monoisotopic (exact) mass is 250 g/mol. The molecule has 0 N–H and O–H groups in total. The average Bonchev–Trinajstić information content (AvgIpc) is 3.19. The van der Waals surface area contributed by atoms with Crippen molar-refractivity contribution in [3.05, 3.63) is 30.1 Å². The number of rotatable bonds is 7. The lowest BCUT2D eigenvalue weighted by Crippen LogP contribution is -2.28. The quantitative estimate of drug-likeness (QED) is 0.739. The second kappa shape index (κ2) is 6.41. The van der Waals surface area contributed by atoms with Crippen LogP contribution in [0.25, 0.3) is 0 Å². The molecule has 1 aromatic rings. The van der Waals surface area contributed by atoms with Gasteiger partial charge < -0.3 is 0 Å². The fourth-order valence-corrected chi connectivity index (χ4v) is 2.36. The summed E-state index contributed by atoms with van der Waals surface area (Å²) in [5.74, 6) is 0. The zero-order valence-corrected chi connectivity index (χ0v) is 11.6. The van der Waals surface area contributed by atoms with Crippen molar-refractivity contribution in [3.63, 3.8) is 0 Å². The molecule has 1 heterocycles. The Morgan fingerprint density at radius 2 is 2.12 bits per heavy atom. The van der Waals surface area contributed by atoms with Gasteiger partial charge in [0.05, 0.1) is 0 Å². The second-order valence-corrected chi connectivity index (χ2v) is 6.17. The maximum Gasteiger partial charge on any atom is 0.0271 e. The highest BCUT2D eigenvalue weighted by molar-refractivity contribution is 7.99. The van der Waals surface area contributed by atoms with Gasteiger partial charge in [-0.05, 0) is 49.8 Å². The molecule has 0 amide bonds. The van der Waals surface area contributed by atoms with E-state index in [4.69, 9.17) is 0 Å². The van der Waals surface area contributed by atoms with E-state index >= 15 is 0 Å². The first-order valence-electron chi connectivity index (χ1n) is 6.45. The van der Waals surface area contributed by atoms with Gasteiger partial charge in [-0.1, -0.05) is 6.92 Å². The molecule has 0 bridgehead atoms. The first kappa shape index (κ1) is 12.9. The van der Waals surface area contributed by atoms with Crippen molar-refractivity contribution in [2.45, 2.75) is 44.0 Å². The first-order chi connectivity index (χ1) is 8.29. The van der Waals surface area contributed by atoms with E-state index in [1.54, 1.807) is 0 Å². The summed E-state index contributed by atoms with van der Waals surface area (Å²) in [7, 11) is 0. The van der Waals surface area contributed by atoms with Gasteiger partial charge in [0, 0.05) is 30.2 Å². The van der Waals surface area contributed by atoms with Crippen molar-refractivity contribution < 1.29 is 0 Å². The van der Waals surface area contributed by atoms with Crippen LogP contribution in [0.1, 0.15) is 31.7 Å². The topological polar surface area (TPSA) is 16.1 Å². The first-order valence-corrected chi connectivity index (χ1v) is 7.74. The number of hydrogen-bond donors (Lipinski definition) is 0. The van der Waals surface area contributed by atoms with Gasteiger partial charge >= 0.3 is 0 Å². The van der Waals surface area contributed by atoms with Crippen molar-refractivity contribution in [2.75, 3.05) is 12.8 Å². The fraction of sp³-hybridized carbons (Fsp3) is 0.643. The Morgan fingerprint density at radius 1 is 1.41 bits per heavy atom. The third kappa shape index (κ3) is 4.32. The number of thioether (sulfide) groups is 1. The Labute approximate surface area is 109 Å². The highest BCUT2D eigenvalue weighted by atomic mass is 32.2. The fourth-order valence-electron chi connectivity index (χ4n) is 2.02. The van der Waals surface area contributed by atoms with Gasteiger partial charge in [-0.3, -0.25) is 9.88 Å². The normalized spacial score (nSPS) is 17.4. The Morgan fingerprint density at radius 3 is 2.71 bits per heavy atom. The van der Waals surface area contributed by atoms with Crippen molar-refractivity contribution in [1.82, 2.24) is 9.88 Å². The van der Waals surface area contributed by atoms with E-state index in [9.17, 15) is 0 Å². The zero-order valence-electron chi connectivity index (χ0n) is 10.8. The number of nitrogens with zero attached hydrogens (tertiary/aromatic N) is 2. The molecule has 1 atom stereocenters. The molecule has 2 rings (SSSR count). The standard InChI is InChI=1S/C14H22N2S/c1-12(17-2)7-10-16(14-3-4-14)11-13-5-8-15-9-6-13/h5-6,8-9,12,14H,3-4,7,10-11H2,1-2H3. The summed E-state index contributed by atoms with van der Waals surface area (Å²) >= 11 is 1.97. The molecule has 0 spiro atoms. The summed E-state index contributed by atoms with van der Waals surface area (Å²) in [6.07, 6.45) is 10.1. The SMILES string of the molecule is CSC(C)CCN(Cc1ccncc1)C1CC1. The molecule has 1 aliphatic carbocycles.